The predicted molar refractivity (Wildman–Crippen MR) is 84.4 cm³/mol. The van der Waals surface area contributed by atoms with Crippen LogP contribution in [-0.2, 0) is 6.42 Å². The molecule has 0 unspecified atom stereocenters. The van der Waals surface area contributed by atoms with Crippen molar-refractivity contribution in [1.82, 2.24) is 19.9 Å². The maximum absolute atomic E-state index is 4.60. The summed E-state index contributed by atoms with van der Waals surface area (Å²) >= 11 is 0. The molecule has 0 bridgehead atoms. The Labute approximate surface area is 125 Å². The van der Waals surface area contributed by atoms with E-state index in [2.05, 4.69) is 50.9 Å². The maximum Gasteiger partial charge on any atom is 0.128 e. The van der Waals surface area contributed by atoms with E-state index in [1.807, 2.05) is 12.4 Å². The summed E-state index contributed by atoms with van der Waals surface area (Å²) in [5.74, 6) is 1.05. The molecular formula is C16H21N5. The second-order valence-corrected chi connectivity index (χ2v) is 5.44. The molecule has 2 aromatic heterocycles. The zero-order chi connectivity index (χ0) is 14.7. The van der Waals surface area contributed by atoms with E-state index in [-0.39, 0.29) is 0 Å². The van der Waals surface area contributed by atoms with Crippen LogP contribution in [0.5, 0.6) is 0 Å². The summed E-state index contributed by atoms with van der Waals surface area (Å²) in [6.07, 6.45) is 6.41. The minimum atomic E-state index is 0.895. The molecule has 0 N–H and O–H groups in total. The fourth-order valence-corrected chi connectivity index (χ4v) is 2.48. The predicted octanol–water partition coefficient (Wildman–Crippen LogP) is 1.85. The molecule has 1 saturated heterocycles. The second kappa shape index (κ2) is 6.18. The summed E-state index contributed by atoms with van der Waals surface area (Å²) in [5, 5.41) is 0. The van der Waals surface area contributed by atoms with E-state index in [1.165, 1.54) is 0 Å². The van der Waals surface area contributed by atoms with Crippen LogP contribution in [0.4, 0.5) is 5.82 Å². The average Bonchev–Trinajstić information content (AvgIpc) is 2.56. The van der Waals surface area contributed by atoms with Crippen molar-refractivity contribution < 1.29 is 0 Å². The minimum Gasteiger partial charge on any atom is -0.354 e. The molecular weight excluding hydrogens is 262 g/mol. The topological polar surface area (TPSA) is 45.2 Å². The first-order valence-electron chi connectivity index (χ1n) is 7.47. The Morgan fingerprint density at radius 3 is 2.52 bits per heavy atom. The van der Waals surface area contributed by atoms with Crippen molar-refractivity contribution in [2.24, 2.45) is 0 Å². The van der Waals surface area contributed by atoms with Crippen LogP contribution in [0.1, 0.15) is 12.6 Å². The molecule has 1 aliphatic heterocycles. The highest BCUT2D eigenvalue weighted by Gasteiger charge is 2.15. The molecule has 5 nitrogen and oxygen atoms in total. The number of anilines is 1. The van der Waals surface area contributed by atoms with Gasteiger partial charge in [0.15, 0.2) is 0 Å². The van der Waals surface area contributed by atoms with Gasteiger partial charge in [0.25, 0.3) is 0 Å². The SMILES string of the molecule is CCc1cncc(-c2ccc(N3CCN(C)CC3)nc2)n1. The number of hydrogen-bond acceptors (Lipinski definition) is 5. The second-order valence-electron chi connectivity index (χ2n) is 5.44. The number of rotatable bonds is 3. The molecule has 0 saturated carbocycles. The molecule has 0 aliphatic carbocycles. The van der Waals surface area contributed by atoms with E-state index in [9.17, 15) is 0 Å². The van der Waals surface area contributed by atoms with E-state index >= 15 is 0 Å². The quantitative estimate of drug-likeness (QED) is 0.860. The Balaban J connectivity index is 1.77. The molecule has 0 amide bonds. The zero-order valence-electron chi connectivity index (χ0n) is 12.7. The van der Waals surface area contributed by atoms with E-state index in [4.69, 9.17) is 0 Å². The smallest absolute Gasteiger partial charge is 0.128 e. The highest BCUT2D eigenvalue weighted by Crippen LogP contribution is 2.19. The van der Waals surface area contributed by atoms with Crippen LogP contribution >= 0.6 is 0 Å². The van der Waals surface area contributed by atoms with Crippen LogP contribution in [0.15, 0.2) is 30.7 Å². The van der Waals surface area contributed by atoms with Crippen LogP contribution in [0.3, 0.4) is 0 Å². The number of piperazine rings is 1. The van der Waals surface area contributed by atoms with Crippen molar-refractivity contribution in [3.63, 3.8) is 0 Å². The van der Waals surface area contributed by atoms with Gasteiger partial charge in [0.05, 0.1) is 17.6 Å². The average molecular weight is 283 g/mol. The van der Waals surface area contributed by atoms with Gasteiger partial charge in [-0.15, -0.1) is 0 Å². The minimum absolute atomic E-state index is 0.895. The van der Waals surface area contributed by atoms with E-state index < -0.39 is 0 Å². The molecule has 3 heterocycles. The zero-order valence-corrected chi connectivity index (χ0v) is 12.7. The molecule has 110 valence electrons. The van der Waals surface area contributed by atoms with E-state index in [0.717, 1.165) is 55.4 Å². The molecule has 0 spiro atoms. The van der Waals surface area contributed by atoms with Gasteiger partial charge in [0.2, 0.25) is 0 Å². The van der Waals surface area contributed by atoms with Crippen molar-refractivity contribution in [3.8, 4) is 11.3 Å². The fourth-order valence-electron chi connectivity index (χ4n) is 2.48. The lowest BCUT2D eigenvalue weighted by Crippen LogP contribution is -2.44. The van der Waals surface area contributed by atoms with Crippen LogP contribution in [0.25, 0.3) is 11.3 Å². The molecule has 3 rings (SSSR count). The Bertz CT molecular complexity index is 588. The molecule has 2 aromatic rings. The molecule has 0 atom stereocenters. The number of aryl methyl sites for hydroxylation is 1. The number of likely N-dealkylation sites (N-methyl/N-ethyl adjacent to an activating group) is 1. The molecule has 0 radical (unpaired) electrons. The van der Waals surface area contributed by atoms with Crippen molar-refractivity contribution >= 4 is 5.82 Å². The van der Waals surface area contributed by atoms with Gasteiger partial charge in [-0.25, -0.2) is 9.97 Å². The lowest BCUT2D eigenvalue weighted by atomic mass is 10.2. The summed E-state index contributed by atoms with van der Waals surface area (Å²) in [6.45, 7) is 6.34. The van der Waals surface area contributed by atoms with E-state index in [0.29, 0.717) is 0 Å². The standard InChI is InChI=1S/C16H21N5/c1-3-14-11-17-12-15(19-14)13-4-5-16(18-10-13)21-8-6-20(2)7-9-21/h4-5,10-12H,3,6-9H2,1-2H3. The van der Waals surface area contributed by atoms with Crippen LogP contribution in [0.2, 0.25) is 0 Å². The van der Waals surface area contributed by atoms with Gasteiger partial charge in [-0.2, -0.15) is 0 Å². The Kier molecular flexibility index (Phi) is 4.10. The van der Waals surface area contributed by atoms with Crippen molar-refractivity contribution in [2.75, 3.05) is 38.1 Å². The van der Waals surface area contributed by atoms with Crippen molar-refractivity contribution in [1.29, 1.82) is 0 Å². The largest absolute Gasteiger partial charge is 0.354 e. The van der Waals surface area contributed by atoms with Crippen LogP contribution in [-0.4, -0.2) is 53.1 Å². The molecule has 1 fully saturated rings. The third-order valence-corrected chi connectivity index (χ3v) is 3.92. The van der Waals surface area contributed by atoms with Gasteiger partial charge in [0, 0.05) is 44.1 Å². The first-order chi connectivity index (χ1) is 10.3. The highest BCUT2D eigenvalue weighted by molar-refractivity contribution is 5.59. The summed E-state index contributed by atoms with van der Waals surface area (Å²) < 4.78 is 0. The first kappa shape index (κ1) is 13.9. The van der Waals surface area contributed by atoms with Crippen LogP contribution < -0.4 is 4.90 Å². The third kappa shape index (κ3) is 3.19. The number of hydrogen-bond donors (Lipinski definition) is 0. The molecule has 5 heteroatoms. The molecule has 21 heavy (non-hydrogen) atoms. The third-order valence-electron chi connectivity index (χ3n) is 3.92. The fraction of sp³-hybridized carbons (Fsp3) is 0.438. The van der Waals surface area contributed by atoms with Gasteiger partial charge in [-0.05, 0) is 25.6 Å². The van der Waals surface area contributed by atoms with Gasteiger partial charge in [-0.3, -0.25) is 4.98 Å². The van der Waals surface area contributed by atoms with Crippen molar-refractivity contribution in [3.05, 3.63) is 36.4 Å². The Morgan fingerprint density at radius 1 is 1.05 bits per heavy atom. The highest BCUT2D eigenvalue weighted by atomic mass is 15.3. The van der Waals surface area contributed by atoms with Crippen molar-refractivity contribution in [2.45, 2.75) is 13.3 Å². The van der Waals surface area contributed by atoms with Crippen LogP contribution in [0, 0.1) is 0 Å². The molecule has 0 aromatic carbocycles. The summed E-state index contributed by atoms with van der Waals surface area (Å²) in [6, 6.07) is 4.17. The first-order valence-corrected chi connectivity index (χ1v) is 7.47. The van der Waals surface area contributed by atoms with E-state index in [1.54, 1.807) is 6.20 Å². The lowest BCUT2D eigenvalue weighted by Gasteiger charge is -2.33. The maximum atomic E-state index is 4.60. The summed E-state index contributed by atoms with van der Waals surface area (Å²) in [7, 11) is 2.16. The number of nitrogens with zero attached hydrogens (tertiary/aromatic N) is 5. The normalized spacial score (nSPS) is 16.2. The van der Waals surface area contributed by atoms with Gasteiger partial charge in [-0.1, -0.05) is 6.92 Å². The number of pyridine rings is 1. The summed E-state index contributed by atoms with van der Waals surface area (Å²) in [5.41, 5.74) is 2.93. The Morgan fingerprint density at radius 2 is 1.86 bits per heavy atom. The monoisotopic (exact) mass is 283 g/mol. The Hall–Kier alpha value is -2.01. The lowest BCUT2D eigenvalue weighted by molar-refractivity contribution is 0.312. The van der Waals surface area contributed by atoms with Gasteiger partial charge in [0.1, 0.15) is 5.82 Å². The van der Waals surface area contributed by atoms with Gasteiger partial charge >= 0.3 is 0 Å². The molecule has 1 aliphatic rings. The van der Waals surface area contributed by atoms with Gasteiger partial charge < -0.3 is 9.80 Å². The summed E-state index contributed by atoms with van der Waals surface area (Å²) in [4.78, 5) is 18.1. The number of aromatic nitrogens is 3.